The Balaban J connectivity index is 1.47. The summed E-state index contributed by atoms with van der Waals surface area (Å²) in [7, 11) is 1.59. The minimum absolute atomic E-state index is 0.145. The second-order valence-corrected chi connectivity index (χ2v) is 11.9. The zero-order valence-electron chi connectivity index (χ0n) is 24.1. The molecule has 1 atom stereocenters. The molecule has 222 valence electrons. The summed E-state index contributed by atoms with van der Waals surface area (Å²) in [6, 6.07) is 11.3. The lowest BCUT2D eigenvalue weighted by atomic mass is 9.98. The number of likely N-dealkylation sites (tertiary alicyclic amines) is 1. The summed E-state index contributed by atoms with van der Waals surface area (Å²) in [6.07, 6.45) is 3.20. The number of nitrogens with one attached hydrogen (secondary N) is 1. The van der Waals surface area contributed by atoms with Crippen LogP contribution in [0.25, 0.3) is 22.3 Å². The molecular formula is C31H34ClF2N5O3. The number of rotatable bonds is 7. The summed E-state index contributed by atoms with van der Waals surface area (Å²) in [5, 5.41) is 4.46. The molecule has 0 bridgehead atoms. The number of carbonyl (C=O) groups excluding carboxylic acids is 1. The Morgan fingerprint density at radius 2 is 1.95 bits per heavy atom. The van der Waals surface area contributed by atoms with Crippen LogP contribution in [0.3, 0.4) is 0 Å². The number of amides is 1. The monoisotopic (exact) mass is 597 g/mol. The molecule has 5 rings (SSSR count). The first-order chi connectivity index (χ1) is 20.0. The number of aromatic nitrogens is 3. The maximum atomic E-state index is 13.7. The molecule has 1 saturated heterocycles. The van der Waals surface area contributed by atoms with Gasteiger partial charge < -0.3 is 24.3 Å². The molecule has 11 heteroatoms. The minimum Gasteiger partial charge on any atom is -0.497 e. The van der Waals surface area contributed by atoms with E-state index >= 15 is 0 Å². The van der Waals surface area contributed by atoms with E-state index in [2.05, 4.69) is 14.9 Å². The van der Waals surface area contributed by atoms with E-state index in [0.717, 1.165) is 41.6 Å². The number of nitrogens with zero attached hydrogens (tertiary/aromatic N) is 4. The Labute approximate surface area is 248 Å². The third kappa shape index (κ3) is 6.75. The van der Waals surface area contributed by atoms with Gasteiger partial charge in [-0.05, 0) is 81.5 Å². The number of hydrogen-bond acceptors (Lipinski definition) is 6. The number of piperidine rings is 1. The summed E-state index contributed by atoms with van der Waals surface area (Å²) in [4.78, 5) is 23.9. The maximum absolute atomic E-state index is 13.7. The number of fused-ring (bicyclic) bond motifs is 1. The molecule has 1 fully saturated rings. The molecule has 8 nitrogen and oxygen atoms in total. The third-order valence-corrected chi connectivity index (χ3v) is 7.45. The van der Waals surface area contributed by atoms with Gasteiger partial charge in [0.05, 0.1) is 17.8 Å². The molecule has 1 amide bonds. The van der Waals surface area contributed by atoms with Crippen molar-refractivity contribution in [1.82, 2.24) is 19.4 Å². The fourth-order valence-corrected chi connectivity index (χ4v) is 5.43. The van der Waals surface area contributed by atoms with Crippen molar-refractivity contribution in [1.29, 1.82) is 0 Å². The predicted molar refractivity (Wildman–Crippen MR) is 159 cm³/mol. The van der Waals surface area contributed by atoms with Gasteiger partial charge in [0.15, 0.2) is 11.6 Å². The molecular weight excluding hydrogens is 564 g/mol. The highest BCUT2D eigenvalue weighted by atomic mass is 35.5. The Bertz CT molecular complexity index is 1600. The van der Waals surface area contributed by atoms with Gasteiger partial charge in [-0.1, -0.05) is 17.7 Å². The van der Waals surface area contributed by atoms with E-state index in [9.17, 15) is 13.6 Å². The van der Waals surface area contributed by atoms with Crippen LogP contribution in [0.2, 0.25) is 5.02 Å². The number of hydrogen-bond donors (Lipinski definition) is 1. The van der Waals surface area contributed by atoms with E-state index in [-0.39, 0.29) is 18.6 Å². The van der Waals surface area contributed by atoms with E-state index < -0.39 is 17.2 Å². The van der Waals surface area contributed by atoms with Crippen LogP contribution in [-0.2, 0) is 17.8 Å². The summed E-state index contributed by atoms with van der Waals surface area (Å²) < 4.78 is 40.1. The average Bonchev–Trinajstić information content (AvgIpc) is 3.29. The first-order valence-corrected chi connectivity index (χ1v) is 14.2. The van der Waals surface area contributed by atoms with Crippen LogP contribution < -0.4 is 10.1 Å². The molecule has 4 aromatic rings. The molecule has 0 radical (unpaired) electrons. The molecule has 3 heterocycles. The lowest BCUT2D eigenvalue weighted by Gasteiger charge is -2.34. The fourth-order valence-electron chi connectivity index (χ4n) is 5.16. The van der Waals surface area contributed by atoms with E-state index in [1.807, 2.05) is 39.0 Å². The zero-order chi connectivity index (χ0) is 30.0. The van der Waals surface area contributed by atoms with Crippen molar-refractivity contribution in [3.8, 4) is 17.0 Å². The van der Waals surface area contributed by atoms with Crippen LogP contribution in [0.1, 0.15) is 39.2 Å². The number of anilines is 1. The van der Waals surface area contributed by atoms with Gasteiger partial charge in [0.1, 0.15) is 17.0 Å². The van der Waals surface area contributed by atoms with Crippen molar-refractivity contribution >= 4 is 34.7 Å². The fraction of sp³-hybridized carbons (Fsp3) is 0.387. The molecule has 0 saturated carbocycles. The summed E-state index contributed by atoms with van der Waals surface area (Å²) in [6.45, 7) is 7.59. The van der Waals surface area contributed by atoms with Crippen molar-refractivity contribution in [2.45, 2.75) is 52.3 Å². The first-order valence-electron chi connectivity index (χ1n) is 13.9. The van der Waals surface area contributed by atoms with Crippen molar-refractivity contribution in [2.75, 3.05) is 25.5 Å². The van der Waals surface area contributed by atoms with Gasteiger partial charge in [-0.3, -0.25) is 0 Å². The second-order valence-electron chi connectivity index (χ2n) is 11.5. The standard InChI is InChI=1S/C31H34ClF2N5O3/c1-31(2,3)42-30(40)38-11-5-6-20(17-38)18-39-27(23-9-8-22(41-4)14-24(23)32)13-21-16-36-29(37-28(21)39)35-15-19-7-10-25(33)26(34)12-19/h7-10,12-14,16,20H,5-6,11,15,17-18H2,1-4H3,(H,35,36,37)/t20-/m1/s1. The van der Waals surface area contributed by atoms with Gasteiger partial charge >= 0.3 is 6.09 Å². The molecule has 42 heavy (non-hydrogen) atoms. The molecule has 1 aliphatic rings. The zero-order valence-corrected chi connectivity index (χ0v) is 24.8. The Morgan fingerprint density at radius 1 is 1.14 bits per heavy atom. The number of benzene rings is 2. The van der Waals surface area contributed by atoms with Crippen LogP contribution in [0, 0.1) is 17.6 Å². The normalized spacial score (nSPS) is 15.6. The van der Waals surface area contributed by atoms with E-state index in [4.69, 9.17) is 26.1 Å². The molecule has 0 unspecified atom stereocenters. The van der Waals surface area contributed by atoms with Crippen LogP contribution in [-0.4, -0.2) is 51.3 Å². The van der Waals surface area contributed by atoms with Gasteiger partial charge in [-0.15, -0.1) is 0 Å². The van der Waals surface area contributed by atoms with Gasteiger partial charge in [-0.25, -0.2) is 18.6 Å². The highest BCUT2D eigenvalue weighted by molar-refractivity contribution is 6.33. The molecule has 0 aliphatic carbocycles. The van der Waals surface area contributed by atoms with Gasteiger partial charge in [0, 0.05) is 43.3 Å². The van der Waals surface area contributed by atoms with E-state index in [0.29, 0.717) is 47.6 Å². The third-order valence-electron chi connectivity index (χ3n) is 7.13. The number of carbonyl (C=O) groups is 1. The molecule has 0 spiro atoms. The summed E-state index contributed by atoms with van der Waals surface area (Å²) in [5.74, 6) is -0.667. The van der Waals surface area contributed by atoms with Crippen LogP contribution >= 0.6 is 11.6 Å². The Kier molecular flexibility index (Phi) is 8.54. The first kappa shape index (κ1) is 29.6. The van der Waals surface area contributed by atoms with E-state index in [1.54, 1.807) is 24.3 Å². The van der Waals surface area contributed by atoms with Gasteiger partial charge in [-0.2, -0.15) is 4.98 Å². The second kappa shape index (κ2) is 12.1. The smallest absolute Gasteiger partial charge is 0.410 e. The average molecular weight is 598 g/mol. The van der Waals surface area contributed by atoms with Crippen LogP contribution in [0.4, 0.5) is 19.5 Å². The molecule has 2 aromatic carbocycles. The number of methoxy groups -OCH3 is 1. The van der Waals surface area contributed by atoms with Crippen molar-refractivity contribution < 1.29 is 23.0 Å². The lowest BCUT2D eigenvalue weighted by molar-refractivity contribution is 0.0158. The van der Waals surface area contributed by atoms with Crippen molar-refractivity contribution in [3.05, 3.63) is 70.9 Å². The Morgan fingerprint density at radius 3 is 2.67 bits per heavy atom. The van der Waals surface area contributed by atoms with Gasteiger partial charge in [0.25, 0.3) is 0 Å². The number of halogens is 3. The number of ether oxygens (including phenoxy) is 2. The molecule has 1 aliphatic heterocycles. The van der Waals surface area contributed by atoms with Gasteiger partial charge in [0.2, 0.25) is 5.95 Å². The van der Waals surface area contributed by atoms with Crippen molar-refractivity contribution in [2.24, 2.45) is 5.92 Å². The molecule has 2 aromatic heterocycles. The Hall–Kier alpha value is -3.92. The molecule has 1 N–H and O–H groups in total. The van der Waals surface area contributed by atoms with Crippen LogP contribution in [0.15, 0.2) is 48.7 Å². The summed E-state index contributed by atoms with van der Waals surface area (Å²) in [5.41, 5.74) is 2.35. The van der Waals surface area contributed by atoms with Crippen LogP contribution in [0.5, 0.6) is 5.75 Å². The SMILES string of the molecule is COc1ccc(-c2cc3cnc(NCc4ccc(F)c(F)c4)nc3n2C[C@@H]2CCCN(C(=O)OC(C)(C)C)C2)c(Cl)c1. The quantitative estimate of drug-likeness (QED) is 0.241. The topological polar surface area (TPSA) is 81.5 Å². The predicted octanol–water partition coefficient (Wildman–Crippen LogP) is 7.30. The maximum Gasteiger partial charge on any atom is 0.410 e. The minimum atomic E-state index is -0.909. The largest absolute Gasteiger partial charge is 0.497 e. The highest BCUT2D eigenvalue weighted by Crippen LogP contribution is 2.36. The van der Waals surface area contributed by atoms with Crippen molar-refractivity contribution in [3.63, 3.8) is 0 Å². The highest BCUT2D eigenvalue weighted by Gasteiger charge is 2.29. The van der Waals surface area contributed by atoms with E-state index in [1.165, 1.54) is 6.07 Å². The lowest BCUT2D eigenvalue weighted by Crippen LogP contribution is -2.43. The summed E-state index contributed by atoms with van der Waals surface area (Å²) >= 11 is 6.72.